The molecule has 114 valence electrons. The molecule has 0 bridgehead atoms. The summed E-state index contributed by atoms with van der Waals surface area (Å²) in [5, 5.41) is 4.17. The van der Waals surface area contributed by atoms with Gasteiger partial charge in [0, 0.05) is 13.4 Å². The summed E-state index contributed by atoms with van der Waals surface area (Å²) in [5.74, 6) is -0.573. The van der Waals surface area contributed by atoms with E-state index in [9.17, 15) is 13.2 Å². The van der Waals surface area contributed by atoms with Crippen molar-refractivity contribution in [1.29, 1.82) is 0 Å². The zero-order chi connectivity index (χ0) is 15.3. The van der Waals surface area contributed by atoms with Gasteiger partial charge in [-0.05, 0) is 6.42 Å². The molecule has 0 radical (unpaired) electrons. The number of carbonyl (C=O) groups is 1. The number of sulfone groups is 1. The van der Waals surface area contributed by atoms with Crippen LogP contribution < -0.4 is 5.73 Å². The number of ketones is 1. The Bertz CT molecular complexity index is 570. The normalized spacial score (nSPS) is 13.4. The van der Waals surface area contributed by atoms with Gasteiger partial charge < -0.3 is 10.5 Å². The Labute approximate surface area is 123 Å². The van der Waals surface area contributed by atoms with Crippen LogP contribution in [0.1, 0.15) is 16.9 Å². The van der Waals surface area contributed by atoms with Crippen LogP contribution >= 0.6 is 11.6 Å². The molecule has 2 N–H and O–H groups in total. The van der Waals surface area contributed by atoms with Crippen LogP contribution in [0.4, 0.5) is 0 Å². The second-order valence-corrected chi connectivity index (χ2v) is 7.11. The highest BCUT2D eigenvalue weighted by Crippen LogP contribution is 2.17. The van der Waals surface area contributed by atoms with Gasteiger partial charge in [-0.2, -0.15) is 5.10 Å². The Balaban J connectivity index is 2.82. The van der Waals surface area contributed by atoms with Crippen LogP contribution in [-0.4, -0.2) is 55.7 Å². The minimum Gasteiger partial charge on any atom is -0.383 e. The first-order valence-corrected chi connectivity index (χ1v) is 8.38. The molecule has 0 aromatic carbocycles. The zero-order valence-corrected chi connectivity index (χ0v) is 12.9. The molecule has 1 aromatic rings. The molecule has 0 fully saturated rings. The SMILES string of the molecule is COCCn1ncc(Cl)c1C(=O)C(N)CCS(C)(=O)=O. The van der Waals surface area contributed by atoms with Gasteiger partial charge in [-0.3, -0.25) is 9.48 Å². The summed E-state index contributed by atoms with van der Waals surface area (Å²) in [6, 6.07) is -0.930. The molecule has 7 nitrogen and oxygen atoms in total. The lowest BCUT2D eigenvalue weighted by Crippen LogP contribution is -2.34. The standard InChI is InChI=1S/C11H18ClN3O4S/c1-19-5-4-15-10(8(12)7-14-15)11(16)9(13)3-6-20(2,17)18/h7,9H,3-6,13H2,1-2H3. The molecule has 1 atom stereocenters. The molecule has 0 aliphatic heterocycles. The van der Waals surface area contributed by atoms with Gasteiger partial charge in [0.1, 0.15) is 15.5 Å². The van der Waals surface area contributed by atoms with Gasteiger partial charge in [0.2, 0.25) is 0 Å². The van der Waals surface area contributed by atoms with Gasteiger partial charge >= 0.3 is 0 Å². The first-order valence-electron chi connectivity index (χ1n) is 5.94. The van der Waals surface area contributed by atoms with Crippen molar-refractivity contribution < 1.29 is 17.9 Å². The fourth-order valence-electron chi connectivity index (χ4n) is 1.60. The first-order chi connectivity index (χ1) is 9.26. The smallest absolute Gasteiger partial charge is 0.199 e. The highest BCUT2D eigenvalue weighted by atomic mass is 35.5. The lowest BCUT2D eigenvalue weighted by molar-refractivity contribution is 0.0945. The molecule has 0 saturated carbocycles. The van der Waals surface area contributed by atoms with Crippen molar-refractivity contribution in [3.05, 3.63) is 16.9 Å². The Morgan fingerprint density at radius 2 is 2.25 bits per heavy atom. The predicted molar refractivity (Wildman–Crippen MR) is 75.7 cm³/mol. The average Bonchev–Trinajstić information content (AvgIpc) is 2.72. The molecule has 0 amide bonds. The van der Waals surface area contributed by atoms with Crippen molar-refractivity contribution in [2.45, 2.75) is 19.0 Å². The second kappa shape index (κ2) is 7.16. The number of methoxy groups -OCH3 is 1. The van der Waals surface area contributed by atoms with Crippen LogP contribution in [0.25, 0.3) is 0 Å². The maximum absolute atomic E-state index is 12.2. The Kier molecular flexibility index (Phi) is 6.12. The summed E-state index contributed by atoms with van der Waals surface area (Å²) in [7, 11) is -1.63. The highest BCUT2D eigenvalue weighted by molar-refractivity contribution is 7.90. The number of halogens is 1. The molecule has 0 saturated heterocycles. The third kappa shape index (κ3) is 4.86. The van der Waals surface area contributed by atoms with Gasteiger partial charge in [-0.25, -0.2) is 8.42 Å². The van der Waals surface area contributed by atoms with E-state index in [1.54, 1.807) is 0 Å². The van der Waals surface area contributed by atoms with E-state index in [2.05, 4.69) is 5.10 Å². The van der Waals surface area contributed by atoms with Crippen LogP contribution in [0.3, 0.4) is 0 Å². The predicted octanol–water partition coefficient (Wildman–Crippen LogP) is 0.128. The van der Waals surface area contributed by atoms with E-state index in [1.165, 1.54) is 18.0 Å². The molecule has 0 aliphatic carbocycles. The number of hydrogen-bond acceptors (Lipinski definition) is 6. The molecule has 0 spiro atoms. The van der Waals surface area contributed by atoms with Crippen LogP contribution in [-0.2, 0) is 21.1 Å². The molecule has 1 heterocycles. The fourth-order valence-corrected chi connectivity index (χ4v) is 2.52. The Morgan fingerprint density at radius 1 is 1.60 bits per heavy atom. The van der Waals surface area contributed by atoms with E-state index in [0.29, 0.717) is 13.2 Å². The van der Waals surface area contributed by atoms with E-state index in [0.717, 1.165) is 6.26 Å². The average molecular weight is 324 g/mol. The van der Waals surface area contributed by atoms with Crippen LogP contribution in [0.15, 0.2) is 6.20 Å². The van der Waals surface area contributed by atoms with Gasteiger partial charge in [0.05, 0.1) is 36.2 Å². The largest absolute Gasteiger partial charge is 0.383 e. The van der Waals surface area contributed by atoms with Crippen molar-refractivity contribution in [1.82, 2.24) is 9.78 Å². The van der Waals surface area contributed by atoms with E-state index >= 15 is 0 Å². The zero-order valence-electron chi connectivity index (χ0n) is 11.4. The number of hydrogen-bond donors (Lipinski definition) is 1. The molecule has 9 heteroatoms. The van der Waals surface area contributed by atoms with E-state index in [-0.39, 0.29) is 22.9 Å². The van der Waals surface area contributed by atoms with Crippen LogP contribution in [0.2, 0.25) is 5.02 Å². The molecule has 0 aliphatic rings. The number of nitrogens with two attached hydrogens (primary N) is 1. The van der Waals surface area contributed by atoms with E-state index in [4.69, 9.17) is 22.1 Å². The van der Waals surface area contributed by atoms with Gasteiger partial charge in [0.15, 0.2) is 5.78 Å². The summed E-state index contributed by atoms with van der Waals surface area (Å²) in [6.07, 6.45) is 2.50. The summed E-state index contributed by atoms with van der Waals surface area (Å²) < 4.78 is 28.5. The van der Waals surface area contributed by atoms with Crippen molar-refractivity contribution in [3.63, 3.8) is 0 Å². The van der Waals surface area contributed by atoms with Crippen molar-refractivity contribution in [2.24, 2.45) is 5.73 Å². The number of carbonyl (C=O) groups excluding carboxylic acids is 1. The fraction of sp³-hybridized carbons (Fsp3) is 0.636. The lowest BCUT2D eigenvalue weighted by atomic mass is 10.1. The molecular weight excluding hydrogens is 306 g/mol. The number of ether oxygens (including phenoxy) is 1. The third-order valence-electron chi connectivity index (χ3n) is 2.67. The summed E-state index contributed by atoms with van der Waals surface area (Å²) in [5.41, 5.74) is 5.92. The topological polar surface area (TPSA) is 104 Å². The lowest BCUT2D eigenvalue weighted by Gasteiger charge is -2.12. The molecular formula is C11H18ClN3O4S. The minimum absolute atomic E-state index is 0.0451. The summed E-state index contributed by atoms with van der Waals surface area (Å²) >= 11 is 5.93. The monoisotopic (exact) mass is 323 g/mol. The van der Waals surface area contributed by atoms with Crippen LogP contribution in [0, 0.1) is 0 Å². The minimum atomic E-state index is -3.16. The molecule has 1 aromatic heterocycles. The molecule has 1 unspecified atom stereocenters. The van der Waals surface area contributed by atoms with Crippen molar-refractivity contribution in [2.75, 3.05) is 25.7 Å². The molecule has 20 heavy (non-hydrogen) atoms. The summed E-state index contributed by atoms with van der Waals surface area (Å²) in [4.78, 5) is 12.2. The van der Waals surface area contributed by atoms with Crippen molar-refractivity contribution in [3.8, 4) is 0 Å². The van der Waals surface area contributed by atoms with Gasteiger partial charge in [-0.15, -0.1) is 0 Å². The van der Waals surface area contributed by atoms with Gasteiger partial charge in [-0.1, -0.05) is 11.6 Å². The second-order valence-electron chi connectivity index (χ2n) is 4.45. The molecule has 1 rings (SSSR count). The van der Waals surface area contributed by atoms with E-state index < -0.39 is 21.7 Å². The van der Waals surface area contributed by atoms with Crippen LogP contribution in [0.5, 0.6) is 0 Å². The number of rotatable bonds is 8. The van der Waals surface area contributed by atoms with E-state index in [1.807, 2.05) is 0 Å². The quantitative estimate of drug-likeness (QED) is 0.682. The maximum atomic E-state index is 12.2. The Hall–Kier alpha value is -0.960. The van der Waals surface area contributed by atoms with Gasteiger partial charge in [0.25, 0.3) is 0 Å². The number of nitrogens with zero attached hydrogens (tertiary/aromatic N) is 2. The third-order valence-corrected chi connectivity index (χ3v) is 3.93. The number of Topliss-reactive ketones (excluding diaryl/α,β-unsaturated/α-hetero) is 1. The Morgan fingerprint density at radius 3 is 2.80 bits per heavy atom. The summed E-state index contributed by atoms with van der Waals surface area (Å²) in [6.45, 7) is 0.736. The number of aromatic nitrogens is 2. The first kappa shape index (κ1) is 17.1. The maximum Gasteiger partial charge on any atom is 0.199 e. The highest BCUT2D eigenvalue weighted by Gasteiger charge is 2.24. The van der Waals surface area contributed by atoms with Crippen molar-refractivity contribution >= 4 is 27.2 Å².